The molecule has 8 rings (SSSR count). The van der Waals surface area contributed by atoms with Crippen molar-refractivity contribution in [2.24, 2.45) is 17.8 Å². The monoisotopic (exact) mass is 484 g/mol. The van der Waals surface area contributed by atoms with Crippen LogP contribution < -0.4 is 10.6 Å². The van der Waals surface area contributed by atoms with Gasteiger partial charge in [0.15, 0.2) is 0 Å². The van der Waals surface area contributed by atoms with E-state index in [1.165, 1.54) is 25.3 Å². The Bertz CT molecular complexity index is 1240. The van der Waals surface area contributed by atoms with Crippen LogP contribution in [0.4, 0.5) is 4.39 Å². The highest BCUT2D eigenvalue weighted by Crippen LogP contribution is 2.55. The molecule has 6 heteroatoms. The largest absolute Gasteiger partial charge is 0.349 e. The number of carbonyl (C=O) groups excluding carboxylic acids is 1. The molecule has 5 aliphatic rings. The standard InChI is InChI=1S/C30H33FN4O/c31-23-6-4-5-22(14-23)28-25(26-9-10-35(34-26)24-7-2-1-3-8-24)15-27(32-28)29(36)33-30-16-19-11-20(17-30)13-21(12-19)18-30/h1-10,14,19-21,25,27-28,32H,11-13,15-18H2,(H,33,36)/t19?,20?,21?,25-,27+,28+,30?/m1/s1. The number of halogens is 1. The molecule has 5 fully saturated rings. The fourth-order valence-electron chi connectivity index (χ4n) is 8.17. The van der Waals surface area contributed by atoms with Crippen molar-refractivity contribution in [1.29, 1.82) is 0 Å². The van der Waals surface area contributed by atoms with Crippen molar-refractivity contribution in [1.82, 2.24) is 20.4 Å². The van der Waals surface area contributed by atoms with Crippen molar-refractivity contribution in [3.8, 4) is 5.69 Å². The van der Waals surface area contributed by atoms with Gasteiger partial charge in [0.05, 0.1) is 17.4 Å². The van der Waals surface area contributed by atoms with Crippen molar-refractivity contribution in [3.63, 3.8) is 0 Å². The maximum absolute atomic E-state index is 14.2. The maximum Gasteiger partial charge on any atom is 0.237 e. The van der Waals surface area contributed by atoms with Crippen LogP contribution in [0.1, 0.15) is 68.2 Å². The third-order valence-electron chi connectivity index (χ3n) is 9.23. The number of hydrogen-bond acceptors (Lipinski definition) is 3. The van der Waals surface area contributed by atoms with Crippen LogP contribution in [0.2, 0.25) is 0 Å². The molecule has 2 heterocycles. The molecule has 1 saturated heterocycles. The number of nitrogens with one attached hydrogen (secondary N) is 2. The molecular weight excluding hydrogens is 451 g/mol. The zero-order valence-electron chi connectivity index (χ0n) is 20.4. The topological polar surface area (TPSA) is 59.0 Å². The minimum Gasteiger partial charge on any atom is -0.349 e. The first kappa shape index (κ1) is 22.2. The van der Waals surface area contributed by atoms with Gasteiger partial charge in [0, 0.05) is 23.7 Å². The van der Waals surface area contributed by atoms with E-state index in [9.17, 15) is 9.18 Å². The Morgan fingerprint density at radius 2 is 1.67 bits per heavy atom. The zero-order chi connectivity index (χ0) is 24.3. The van der Waals surface area contributed by atoms with Gasteiger partial charge in [0.25, 0.3) is 0 Å². The molecule has 2 N–H and O–H groups in total. The molecule has 5 nitrogen and oxygen atoms in total. The molecular formula is C30H33FN4O. The summed E-state index contributed by atoms with van der Waals surface area (Å²) in [6.07, 6.45) is 10.1. The average Bonchev–Trinajstić information content (AvgIpc) is 3.51. The van der Waals surface area contributed by atoms with Gasteiger partial charge in [-0.05, 0) is 98.6 Å². The Balaban J connectivity index is 1.15. The van der Waals surface area contributed by atoms with Crippen molar-refractivity contribution >= 4 is 5.91 Å². The van der Waals surface area contributed by atoms with E-state index in [0.29, 0.717) is 6.42 Å². The molecule has 186 valence electrons. The summed E-state index contributed by atoms with van der Waals surface area (Å²) >= 11 is 0. The van der Waals surface area contributed by atoms with Gasteiger partial charge in [-0.15, -0.1) is 0 Å². The average molecular weight is 485 g/mol. The van der Waals surface area contributed by atoms with Gasteiger partial charge in [-0.1, -0.05) is 30.3 Å². The zero-order valence-corrected chi connectivity index (χ0v) is 20.4. The lowest BCUT2D eigenvalue weighted by Crippen LogP contribution is -2.62. The minimum absolute atomic E-state index is 0.0190. The lowest BCUT2D eigenvalue weighted by Gasteiger charge is -2.57. The molecule has 3 atom stereocenters. The first-order chi connectivity index (χ1) is 17.5. The van der Waals surface area contributed by atoms with E-state index in [0.717, 1.165) is 54.0 Å². The lowest BCUT2D eigenvalue weighted by atomic mass is 9.53. The van der Waals surface area contributed by atoms with Gasteiger partial charge in [-0.3, -0.25) is 10.1 Å². The third-order valence-corrected chi connectivity index (χ3v) is 9.23. The van der Waals surface area contributed by atoms with Crippen molar-refractivity contribution < 1.29 is 9.18 Å². The van der Waals surface area contributed by atoms with E-state index >= 15 is 0 Å². The highest BCUT2D eigenvalue weighted by molar-refractivity contribution is 5.83. The SMILES string of the molecule is O=C(NC12CC3CC(CC(C3)C1)C2)[C@@H]1C[C@H](c2ccn(-c3ccccc3)n2)[C@H](c2cccc(F)c2)N1. The first-order valence-corrected chi connectivity index (χ1v) is 13.5. The number of para-hydroxylation sites is 1. The summed E-state index contributed by atoms with van der Waals surface area (Å²) in [5.74, 6) is 2.16. The van der Waals surface area contributed by atoms with E-state index in [2.05, 4.69) is 10.6 Å². The van der Waals surface area contributed by atoms with Crippen LogP contribution >= 0.6 is 0 Å². The number of nitrogens with zero attached hydrogens (tertiary/aromatic N) is 2. The molecule has 4 saturated carbocycles. The Morgan fingerprint density at radius 3 is 2.36 bits per heavy atom. The van der Waals surface area contributed by atoms with Crippen LogP contribution in [0.5, 0.6) is 0 Å². The maximum atomic E-state index is 14.2. The summed E-state index contributed by atoms with van der Waals surface area (Å²) in [7, 11) is 0. The van der Waals surface area contributed by atoms with E-state index in [1.54, 1.807) is 12.1 Å². The molecule has 1 amide bonds. The molecule has 0 spiro atoms. The number of benzene rings is 2. The third kappa shape index (κ3) is 3.96. The molecule has 36 heavy (non-hydrogen) atoms. The van der Waals surface area contributed by atoms with Gasteiger partial charge >= 0.3 is 0 Å². The van der Waals surface area contributed by atoms with Crippen molar-refractivity contribution in [2.45, 2.75) is 68.5 Å². The number of amides is 1. The predicted molar refractivity (Wildman–Crippen MR) is 136 cm³/mol. The van der Waals surface area contributed by atoms with Gasteiger partial charge in [0.2, 0.25) is 5.91 Å². The second-order valence-corrected chi connectivity index (χ2v) is 11.8. The van der Waals surface area contributed by atoms with Crippen LogP contribution in [-0.4, -0.2) is 27.3 Å². The second-order valence-electron chi connectivity index (χ2n) is 11.8. The molecule has 4 bridgehead atoms. The van der Waals surface area contributed by atoms with E-state index < -0.39 is 0 Å². The number of hydrogen-bond donors (Lipinski definition) is 2. The van der Waals surface area contributed by atoms with Gasteiger partial charge in [-0.2, -0.15) is 5.10 Å². The number of carbonyl (C=O) groups is 1. The van der Waals surface area contributed by atoms with Crippen LogP contribution in [0.25, 0.3) is 5.69 Å². The quantitative estimate of drug-likeness (QED) is 0.518. The summed E-state index contributed by atoms with van der Waals surface area (Å²) in [6.45, 7) is 0. The normalized spacial score (nSPS) is 34.7. The van der Waals surface area contributed by atoms with Crippen molar-refractivity contribution in [3.05, 3.63) is 83.9 Å². The first-order valence-electron chi connectivity index (χ1n) is 13.5. The second kappa shape index (κ2) is 8.55. The van der Waals surface area contributed by atoms with Gasteiger partial charge in [-0.25, -0.2) is 9.07 Å². The molecule has 0 unspecified atom stereocenters. The summed E-state index contributed by atoms with van der Waals surface area (Å²) in [6, 6.07) is 18.3. The Hall–Kier alpha value is -2.99. The lowest BCUT2D eigenvalue weighted by molar-refractivity contribution is -0.128. The van der Waals surface area contributed by atoms with Gasteiger partial charge < -0.3 is 5.32 Å². The minimum atomic E-state index is -0.321. The highest BCUT2D eigenvalue weighted by Gasteiger charge is 2.52. The summed E-state index contributed by atoms with van der Waals surface area (Å²) < 4.78 is 16.1. The van der Waals surface area contributed by atoms with E-state index in [1.807, 2.05) is 53.3 Å². The summed E-state index contributed by atoms with van der Waals surface area (Å²) in [4.78, 5) is 13.7. The summed E-state index contributed by atoms with van der Waals surface area (Å²) in [5.41, 5.74) is 2.76. The van der Waals surface area contributed by atoms with Gasteiger partial charge in [0.1, 0.15) is 5.82 Å². The predicted octanol–water partition coefficient (Wildman–Crippen LogP) is 5.28. The molecule has 1 aliphatic heterocycles. The van der Waals surface area contributed by atoms with Crippen LogP contribution in [0, 0.1) is 23.6 Å². The van der Waals surface area contributed by atoms with Crippen LogP contribution in [0.3, 0.4) is 0 Å². The highest BCUT2D eigenvalue weighted by atomic mass is 19.1. The van der Waals surface area contributed by atoms with Crippen molar-refractivity contribution in [2.75, 3.05) is 0 Å². The fraction of sp³-hybridized carbons (Fsp3) is 0.467. The van der Waals surface area contributed by atoms with E-state index in [-0.39, 0.29) is 35.3 Å². The fourth-order valence-corrected chi connectivity index (χ4v) is 8.17. The van der Waals surface area contributed by atoms with E-state index in [4.69, 9.17) is 5.10 Å². The molecule has 1 aromatic heterocycles. The molecule has 0 radical (unpaired) electrons. The molecule has 3 aromatic rings. The number of rotatable bonds is 5. The van der Waals surface area contributed by atoms with Crippen LogP contribution in [0.15, 0.2) is 66.9 Å². The van der Waals surface area contributed by atoms with Crippen LogP contribution in [-0.2, 0) is 4.79 Å². The Kier molecular flexibility index (Phi) is 5.28. The Morgan fingerprint density at radius 1 is 0.944 bits per heavy atom. The Labute approximate surface area is 211 Å². The smallest absolute Gasteiger partial charge is 0.237 e. The molecule has 4 aliphatic carbocycles. The number of aromatic nitrogens is 2. The summed E-state index contributed by atoms with van der Waals surface area (Å²) in [5, 5.41) is 12.0. The molecule has 2 aromatic carbocycles.